The van der Waals surface area contributed by atoms with Gasteiger partial charge in [-0.2, -0.15) is 0 Å². The minimum Gasteiger partial charge on any atom is -0.341 e. The van der Waals surface area contributed by atoms with Crippen LogP contribution < -0.4 is 4.31 Å². The van der Waals surface area contributed by atoms with Gasteiger partial charge in [0, 0.05) is 13.1 Å². The predicted octanol–water partition coefficient (Wildman–Crippen LogP) is 2.76. The van der Waals surface area contributed by atoms with Crippen molar-refractivity contribution in [1.29, 1.82) is 0 Å². The topological polar surface area (TPSA) is 57.7 Å². The number of hydrogen-bond acceptors (Lipinski definition) is 3. The van der Waals surface area contributed by atoms with Gasteiger partial charge < -0.3 is 4.90 Å². The second-order valence-corrected chi connectivity index (χ2v) is 9.39. The van der Waals surface area contributed by atoms with Crippen LogP contribution in [0.1, 0.15) is 45.6 Å². The summed E-state index contributed by atoms with van der Waals surface area (Å²) >= 11 is 0. The highest BCUT2D eigenvalue weighted by atomic mass is 32.2. The van der Waals surface area contributed by atoms with E-state index in [0.717, 1.165) is 44.2 Å². The second kappa shape index (κ2) is 7.13. The van der Waals surface area contributed by atoms with Gasteiger partial charge in [-0.25, -0.2) is 8.42 Å². The van der Waals surface area contributed by atoms with Crippen molar-refractivity contribution in [2.24, 2.45) is 0 Å². The van der Waals surface area contributed by atoms with Gasteiger partial charge in [0.2, 0.25) is 15.9 Å². The van der Waals surface area contributed by atoms with Crippen molar-refractivity contribution >= 4 is 21.6 Å². The molecule has 0 saturated carbocycles. The van der Waals surface area contributed by atoms with E-state index in [4.69, 9.17) is 0 Å². The van der Waals surface area contributed by atoms with Crippen molar-refractivity contribution in [3.05, 3.63) is 29.8 Å². The van der Waals surface area contributed by atoms with Gasteiger partial charge >= 0.3 is 0 Å². The number of carbonyl (C=O) groups excluding carboxylic acids is 1. The van der Waals surface area contributed by atoms with Crippen LogP contribution in [0.3, 0.4) is 0 Å². The number of carbonyl (C=O) groups is 1. The molecule has 5 nitrogen and oxygen atoms in total. The molecule has 1 fully saturated rings. The molecule has 1 aliphatic rings. The molecule has 0 unspecified atom stereocenters. The van der Waals surface area contributed by atoms with Crippen molar-refractivity contribution in [3.8, 4) is 0 Å². The lowest BCUT2D eigenvalue weighted by molar-refractivity contribution is -0.130. The van der Waals surface area contributed by atoms with Gasteiger partial charge in [-0.3, -0.25) is 9.10 Å². The summed E-state index contributed by atoms with van der Waals surface area (Å²) in [5.41, 5.74) is 1.30. The van der Waals surface area contributed by atoms with Crippen molar-refractivity contribution < 1.29 is 13.2 Å². The van der Waals surface area contributed by atoms with Gasteiger partial charge in [0.25, 0.3) is 0 Å². The zero-order valence-electron chi connectivity index (χ0n) is 15.1. The van der Waals surface area contributed by atoms with E-state index in [1.807, 2.05) is 39.0 Å². The number of nitrogens with zero attached hydrogens (tertiary/aromatic N) is 2. The van der Waals surface area contributed by atoms with Crippen LogP contribution in [0.25, 0.3) is 0 Å². The molecule has 1 heterocycles. The van der Waals surface area contributed by atoms with Crippen LogP contribution >= 0.6 is 0 Å². The monoisotopic (exact) mass is 352 g/mol. The average molecular weight is 353 g/mol. The maximum Gasteiger partial charge on any atom is 0.243 e. The van der Waals surface area contributed by atoms with Crippen LogP contribution in [0.15, 0.2) is 24.3 Å². The van der Waals surface area contributed by atoms with E-state index in [1.54, 1.807) is 11.0 Å². The fraction of sp³-hybridized carbons (Fsp3) is 0.611. The van der Waals surface area contributed by atoms with Crippen LogP contribution in [0.2, 0.25) is 0 Å². The number of para-hydroxylation sites is 1. The molecule has 0 atom stereocenters. The van der Waals surface area contributed by atoms with Crippen molar-refractivity contribution in [2.75, 3.05) is 30.2 Å². The zero-order valence-corrected chi connectivity index (χ0v) is 15.9. The minimum absolute atomic E-state index is 0.121. The van der Waals surface area contributed by atoms with Gasteiger partial charge in [0.05, 0.1) is 11.9 Å². The lowest BCUT2D eigenvalue weighted by Gasteiger charge is -2.32. The first-order valence-corrected chi connectivity index (χ1v) is 10.3. The molecular formula is C18H28N2O3S. The normalized spacial score (nSPS) is 16.1. The third-order valence-corrected chi connectivity index (χ3v) is 5.50. The van der Waals surface area contributed by atoms with Crippen LogP contribution in [-0.4, -0.2) is 45.1 Å². The van der Waals surface area contributed by atoms with E-state index in [9.17, 15) is 13.2 Å². The third kappa shape index (κ3) is 4.50. The summed E-state index contributed by atoms with van der Waals surface area (Å²) in [5, 5.41) is 0. The van der Waals surface area contributed by atoms with Gasteiger partial charge in [0.1, 0.15) is 6.54 Å². The van der Waals surface area contributed by atoms with E-state index in [0.29, 0.717) is 5.69 Å². The van der Waals surface area contributed by atoms with Crippen molar-refractivity contribution in [3.63, 3.8) is 0 Å². The van der Waals surface area contributed by atoms with E-state index in [-0.39, 0.29) is 17.9 Å². The zero-order chi connectivity index (χ0) is 18.0. The molecule has 0 N–H and O–H groups in total. The molecule has 0 radical (unpaired) electrons. The molecule has 1 saturated heterocycles. The smallest absolute Gasteiger partial charge is 0.243 e. The minimum atomic E-state index is -3.55. The third-order valence-electron chi connectivity index (χ3n) is 4.37. The number of likely N-dealkylation sites (tertiary alicyclic amines) is 1. The summed E-state index contributed by atoms with van der Waals surface area (Å²) < 4.78 is 26.0. The summed E-state index contributed by atoms with van der Waals surface area (Å²) in [6.07, 6.45) is 4.27. The summed E-state index contributed by atoms with van der Waals surface area (Å²) in [4.78, 5) is 14.4. The molecule has 1 aromatic rings. The second-order valence-electron chi connectivity index (χ2n) is 7.48. The fourth-order valence-electron chi connectivity index (χ4n) is 3.07. The maximum absolute atomic E-state index is 12.6. The van der Waals surface area contributed by atoms with E-state index in [1.165, 1.54) is 4.31 Å². The fourth-order valence-corrected chi connectivity index (χ4v) is 3.93. The standard InChI is InChI=1S/C18H28N2O3S/c1-18(2,3)15-10-6-7-11-16(15)20(24(4,22)23)14-17(21)19-12-8-5-9-13-19/h6-7,10-11H,5,8-9,12-14H2,1-4H3. The first-order valence-electron chi connectivity index (χ1n) is 8.46. The average Bonchev–Trinajstić information content (AvgIpc) is 2.51. The van der Waals surface area contributed by atoms with Gasteiger partial charge in [-0.1, -0.05) is 39.0 Å². The Hall–Kier alpha value is -1.56. The molecule has 0 aromatic heterocycles. The lowest BCUT2D eigenvalue weighted by Crippen LogP contribution is -2.45. The number of anilines is 1. The van der Waals surface area contributed by atoms with Crippen LogP contribution in [0.5, 0.6) is 0 Å². The maximum atomic E-state index is 12.6. The van der Waals surface area contributed by atoms with Gasteiger partial charge in [0.15, 0.2) is 0 Å². The van der Waals surface area contributed by atoms with Crippen molar-refractivity contribution in [2.45, 2.75) is 45.4 Å². The first-order chi connectivity index (χ1) is 11.1. The number of hydrogen-bond donors (Lipinski definition) is 0. The number of benzene rings is 1. The van der Waals surface area contributed by atoms with E-state index < -0.39 is 10.0 Å². The Morgan fingerprint density at radius 3 is 2.25 bits per heavy atom. The molecule has 1 amide bonds. The Labute approximate surface area is 145 Å². The first kappa shape index (κ1) is 18.8. The molecule has 1 aliphatic heterocycles. The predicted molar refractivity (Wildman–Crippen MR) is 97.8 cm³/mol. The highest BCUT2D eigenvalue weighted by Crippen LogP contribution is 2.33. The van der Waals surface area contributed by atoms with Crippen LogP contribution in [0, 0.1) is 0 Å². The summed E-state index contributed by atoms with van der Waals surface area (Å²) in [7, 11) is -3.55. The van der Waals surface area contributed by atoms with E-state index >= 15 is 0 Å². The SMILES string of the molecule is CC(C)(C)c1ccccc1N(CC(=O)N1CCCCC1)S(C)(=O)=O. The molecule has 0 aliphatic carbocycles. The molecule has 1 aromatic carbocycles. The summed E-state index contributed by atoms with van der Waals surface area (Å²) in [6, 6.07) is 7.43. The Bertz CT molecular complexity index is 686. The molecule has 134 valence electrons. The van der Waals surface area contributed by atoms with Crippen LogP contribution in [0.4, 0.5) is 5.69 Å². The van der Waals surface area contributed by atoms with Gasteiger partial charge in [-0.05, 0) is 36.3 Å². The Morgan fingerprint density at radius 2 is 1.71 bits per heavy atom. The largest absolute Gasteiger partial charge is 0.341 e. The summed E-state index contributed by atoms with van der Waals surface area (Å²) in [6.45, 7) is 7.43. The Balaban J connectivity index is 2.36. The molecule has 0 spiro atoms. The molecule has 2 rings (SSSR count). The number of amides is 1. The molecule has 0 bridgehead atoms. The van der Waals surface area contributed by atoms with Crippen LogP contribution in [-0.2, 0) is 20.2 Å². The Morgan fingerprint density at radius 1 is 1.12 bits per heavy atom. The quantitative estimate of drug-likeness (QED) is 0.837. The lowest BCUT2D eigenvalue weighted by atomic mass is 9.86. The molecular weight excluding hydrogens is 324 g/mol. The molecule has 6 heteroatoms. The number of piperidine rings is 1. The van der Waals surface area contributed by atoms with Crippen molar-refractivity contribution in [1.82, 2.24) is 4.90 Å². The highest BCUT2D eigenvalue weighted by Gasteiger charge is 2.29. The highest BCUT2D eigenvalue weighted by molar-refractivity contribution is 7.92. The summed E-state index contributed by atoms with van der Waals surface area (Å²) in [5.74, 6) is -0.121. The van der Waals surface area contributed by atoms with Gasteiger partial charge in [-0.15, -0.1) is 0 Å². The number of sulfonamides is 1. The molecule has 24 heavy (non-hydrogen) atoms. The number of rotatable bonds is 4. The van der Waals surface area contributed by atoms with E-state index in [2.05, 4.69) is 0 Å². The Kier molecular flexibility index (Phi) is 5.58.